The van der Waals surface area contributed by atoms with Crippen LogP contribution < -0.4 is 5.32 Å². The normalized spacial score (nSPS) is 13.2. The van der Waals surface area contributed by atoms with Gasteiger partial charge in [0.15, 0.2) is 0 Å². The maximum Gasteiger partial charge on any atom is 0.0704 e. The molecule has 0 saturated heterocycles. The Kier molecular flexibility index (Phi) is 8.88. The molecule has 0 saturated carbocycles. The molecule has 74 valence electrons. The largest absolute Gasteiger partial charge is 0.379 e. The van der Waals surface area contributed by atoms with Crippen molar-refractivity contribution in [3.8, 4) is 0 Å². The van der Waals surface area contributed by atoms with E-state index in [0.29, 0.717) is 19.3 Å². The van der Waals surface area contributed by atoms with E-state index in [0.717, 1.165) is 19.6 Å². The minimum absolute atomic E-state index is 0.331. The van der Waals surface area contributed by atoms with Gasteiger partial charge in [0, 0.05) is 6.61 Å². The molecule has 0 fully saturated rings. The first-order valence-corrected chi connectivity index (χ1v) is 4.65. The highest BCUT2D eigenvalue weighted by Gasteiger charge is 1.99. The van der Waals surface area contributed by atoms with E-state index in [-0.39, 0.29) is 0 Å². The van der Waals surface area contributed by atoms with Crippen LogP contribution in [0.1, 0.15) is 20.3 Å². The molecule has 1 atom stereocenters. The molecule has 0 aliphatic heterocycles. The van der Waals surface area contributed by atoms with E-state index >= 15 is 0 Å². The predicted molar refractivity (Wildman–Crippen MR) is 50.5 cm³/mol. The first kappa shape index (κ1) is 11.9. The fraction of sp³-hybridized carbons (Fsp3) is 1.00. The maximum absolute atomic E-state index is 5.48. The lowest BCUT2D eigenvalue weighted by Crippen LogP contribution is -2.19. The average molecular weight is 175 g/mol. The number of hydrogen-bond acceptors (Lipinski definition) is 3. The maximum atomic E-state index is 5.48. The summed E-state index contributed by atoms with van der Waals surface area (Å²) in [6, 6.07) is 0. The molecule has 3 nitrogen and oxygen atoms in total. The summed E-state index contributed by atoms with van der Waals surface area (Å²) in [5.74, 6) is 0. The van der Waals surface area contributed by atoms with E-state index in [4.69, 9.17) is 9.47 Å². The Morgan fingerprint density at radius 1 is 1.33 bits per heavy atom. The van der Waals surface area contributed by atoms with Crippen molar-refractivity contribution >= 4 is 0 Å². The van der Waals surface area contributed by atoms with Crippen molar-refractivity contribution in [3.05, 3.63) is 0 Å². The molecule has 3 heteroatoms. The molecule has 0 aliphatic rings. The van der Waals surface area contributed by atoms with E-state index in [1.165, 1.54) is 0 Å². The zero-order valence-electron chi connectivity index (χ0n) is 8.43. The predicted octanol–water partition coefficient (Wildman–Crippen LogP) is 1.04. The molecule has 12 heavy (non-hydrogen) atoms. The van der Waals surface area contributed by atoms with Crippen LogP contribution in [0, 0.1) is 0 Å². The van der Waals surface area contributed by atoms with E-state index in [1.807, 2.05) is 14.0 Å². The Balaban J connectivity index is 3.02. The Morgan fingerprint density at radius 3 is 2.67 bits per heavy atom. The summed E-state index contributed by atoms with van der Waals surface area (Å²) < 4.78 is 10.6. The second kappa shape index (κ2) is 8.97. The molecule has 0 heterocycles. The third-order valence-electron chi connectivity index (χ3n) is 1.64. The first-order chi connectivity index (χ1) is 5.81. The van der Waals surface area contributed by atoms with Gasteiger partial charge in [-0.1, -0.05) is 0 Å². The van der Waals surface area contributed by atoms with Crippen molar-refractivity contribution in [3.63, 3.8) is 0 Å². The smallest absolute Gasteiger partial charge is 0.0704 e. The van der Waals surface area contributed by atoms with Gasteiger partial charge in [0.05, 0.1) is 19.3 Å². The van der Waals surface area contributed by atoms with Crippen molar-refractivity contribution < 1.29 is 9.47 Å². The van der Waals surface area contributed by atoms with Gasteiger partial charge in [-0.15, -0.1) is 0 Å². The van der Waals surface area contributed by atoms with Crippen LogP contribution in [0.3, 0.4) is 0 Å². The van der Waals surface area contributed by atoms with Gasteiger partial charge in [-0.25, -0.2) is 0 Å². The van der Waals surface area contributed by atoms with Crippen molar-refractivity contribution in [1.29, 1.82) is 0 Å². The number of hydrogen-bond donors (Lipinski definition) is 1. The second-order valence-electron chi connectivity index (χ2n) is 2.77. The lowest BCUT2D eigenvalue weighted by molar-refractivity contribution is 0.0126. The van der Waals surface area contributed by atoms with Crippen LogP contribution in [0.5, 0.6) is 0 Å². The van der Waals surface area contributed by atoms with Crippen molar-refractivity contribution in [2.75, 3.05) is 33.4 Å². The molecule has 0 bridgehead atoms. The summed E-state index contributed by atoms with van der Waals surface area (Å²) >= 11 is 0. The van der Waals surface area contributed by atoms with Gasteiger partial charge in [-0.05, 0) is 33.9 Å². The quantitative estimate of drug-likeness (QED) is 0.559. The fourth-order valence-corrected chi connectivity index (χ4v) is 0.883. The Bertz CT molecular complexity index is 88.6. The molecule has 1 N–H and O–H groups in total. The van der Waals surface area contributed by atoms with E-state index in [1.54, 1.807) is 0 Å². The minimum Gasteiger partial charge on any atom is -0.379 e. The van der Waals surface area contributed by atoms with E-state index < -0.39 is 0 Å². The van der Waals surface area contributed by atoms with Gasteiger partial charge in [0.2, 0.25) is 0 Å². The zero-order chi connectivity index (χ0) is 9.23. The molecule has 0 rings (SSSR count). The van der Waals surface area contributed by atoms with Crippen LogP contribution in [0.4, 0.5) is 0 Å². The van der Waals surface area contributed by atoms with Gasteiger partial charge in [-0.2, -0.15) is 0 Å². The van der Waals surface area contributed by atoms with Gasteiger partial charge >= 0.3 is 0 Å². The molecule has 0 aromatic heterocycles. The molecule has 0 aromatic carbocycles. The van der Waals surface area contributed by atoms with Crippen LogP contribution in [0.15, 0.2) is 0 Å². The topological polar surface area (TPSA) is 30.5 Å². The summed E-state index contributed by atoms with van der Waals surface area (Å²) in [4.78, 5) is 0. The Labute approximate surface area is 75.4 Å². The first-order valence-electron chi connectivity index (χ1n) is 4.65. The third-order valence-corrected chi connectivity index (χ3v) is 1.64. The van der Waals surface area contributed by atoms with Crippen LogP contribution in [-0.4, -0.2) is 39.5 Å². The molecule has 1 unspecified atom stereocenters. The SMILES string of the molecule is CCOCCOC(C)CCNC. The Hall–Kier alpha value is -0.120. The fourth-order valence-electron chi connectivity index (χ4n) is 0.883. The molecule has 0 amide bonds. The van der Waals surface area contributed by atoms with Crippen LogP contribution in [0.2, 0.25) is 0 Å². The summed E-state index contributed by atoms with van der Waals surface area (Å²) in [5.41, 5.74) is 0. The minimum atomic E-state index is 0.331. The summed E-state index contributed by atoms with van der Waals surface area (Å²) in [6.07, 6.45) is 1.39. The summed E-state index contributed by atoms with van der Waals surface area (Å²) in [6.45, 7) is 7.27. The molecule has 0 aliphatic carbocycles. The summed E-state index contributed by atoms with van der Waals surface area (Å²) in [7, 11) is 1.95. The summed E-state index contributed by atoms with van der Waals surface area (Å²) in [5, 5.41) is 3.09. The highest BCUT2D eigenvalue weighted by atomic mass is 16.5. The van der Waals surface area contributed by atoms with Crippen molar-refractivity contribution in [1.82, 2.24) is 5.32 Å². The zero-order valence-corrected chi connectivity index (χ0v) is 8.43. The molecule has 0 spiro atoms. The lowest BCUT2D eigenvalue weighted by Gasteiger charge is -2.12. The number of rotatable bonds is 8. The van der Waals surface area contributed by atoms with Crippen LogP contribution in [-0.2, 0) is 9.47 Å². The van der Waals surface area contributed by atoms with Gasteiger partial charge in [0.25, 0.3) is 0 Å². The molecule has 0 aromatic rings. The van der Waals surface area contributed by atoms with Crippen molar-refractivity contribution in [2.45, 2.75) is 26.4 Å². The molecular formula is C9H21NO2. The highest BCUT2D eigenvalue weighted by molar-refractivity contribution is 4.51. The molecular weight excluding hydrogens is 154 g/mol. The second-order valence-corrected chi connectivity index (χ2v) is 2.77. The van der Waals surface area contributed by atoms with Gasteiger partial charge in [0.1, 0.15) is 0 Å². The average Bonchev–Trinajstić information content (AvgIpc) is 2.09. The Morgan fingerprint density at radius 2 is 2.08 bits per heavy atom. The van der Waals surface area contributed by atoms with Gasteiger partial charge < -0.3 is 14.8 Å². The van der Waals surface area contributed by atoms with Crippen LogP contribution in [0.25, 0.3) is 0 Å². The highest BCUT2D eigenvalue weighted by Crippen LogP contribution is 1.95. The van der Waals surface area contributed by atoms with E-state index in [9.17, 15) is 0 Å². The van der Waals surface area contributed by atoms with E-state index in [2.05, 4.69) is 12.2 Å². The van der Waals surface area contributed by atoms with Crippen LogP contribution >= 0.6 is 0 Å². The molecule has 0 radical (unpaired) electrons. The monoisotopic (exact) mass is 175 g/mol. The van der Waals surface area contributed by atoms with Crippen molar-refractivity contribution in [2.24, 2.45) is 0 Å². The number of nitrogens with one attached hydrogen (secondary N) is 1. The van der Waals surface area contributed by atoms with Gasteiger partial charge in [-0.3, -0.25) is 0 Å². The number of ether oxygens (including phenoxy) is 2. The standard InChI is InChI=1S/C9H21NO2/c1-4-11-7-8-12-9(2)5-6-10-3/h9-10H,4-8H2,1-3H3. The lowest BCUT2D eigenvalue weighted by atomic mass is 10.3. The third kappa shape index (κ3) is 7.98.